The highest BCUT2D eigenvalue weighted by atomic mass is 32.1. The Kier molecular flexibility index (Phi) is 6.33. The van der Waals surface area contributed by atoms with Crippen molar-refractivity contribution in [3.63, 3.8) is 0 Å². The molecule has 1 heterocycles. The lowest BCUT2D eigenvalue weighted by atomic mass is 10.1. The molecule has 3 amide bonds. The molecule has 3 aromatic rings. The molecule has 0 aliphatic heterocycles. The van der Waals surface area contributed by atoms with Crippen molar-refractivity contribution in [2.45, 2.75) is 19.9 Å². The van der Waals surface area contributed by atoms with Gasteiger partial charge in [-0.25, -0.2) is 14.2 Å². The topological polar surface area (TPSA) is 83.1 Å². The van der Waals surface area contributed by atoms with E-state index >= 15 is 0 Å². The third kappa shape index (κ3) is 5.88. The zero-order chi connectivity index (χ0) is 19.9. The van der Waals surface area contributed by atoms with Gasteiger partial charge < -0.3 is 10.6 Å². The highest BCUT2D eigenvalue weighted by Crippen LogP contribution is 2.17. The minimum absolute atomic E-state index is 0.129. The maximum absolute atomic E-state index is 12.9. The molecule has 0 saturated heterocycles. The largest absolute Gasteiger partial charge is 0.352 e. The molecule has 0 spiro atoms. The molecule has 28 heavy (non-hydrogen) atoms. The predicted octanol–water partition coefficient (Wildman–Crippen LogP) is 4.09. The lowest BCUT2D eigenvalue weighted by Gasteiger charge is -2.05. The number of aryl methyl sites for hydroxylation is 1. The molecule has 1 aromatic heterocycles. The van der Waals surface area contributed by atoms with Crippen LogP contribution in [0.2, 0.25) is 0 Å². The molecule has 3 rings (SSSR count). The fourth-order valence-electron chi connectivity index (χ4n) is 2.37. The van der Waals surface area contributed by atoms with E-state index in [1.165, 1.54) is 41.2 Å². The van der Waals surface area contributed by atoms with Gasteiger partial charge in [0.05, 0.1) is 12.1 Å². The number of benzene rings is 2. The zero-order valence-electron chi connectivity index (χ0n) is 15.2. The number of hydrogen-bond donors (Lipinski definition) is 3. The fourth-order valence-corrected chi connectivity index (χ4v) is 3.08. The summed E-state index contributed by atoms with van der Waals surface area (Å²) in [4.78, 5) is 28.3. The number of rotatable bonds is 6. The third-order valence-corrected chi connectivity index (χ3v) is 4.63. The van der Waals surface area contributed by atoms with Gasteiger partial charge in [0.1, 0.15) is 5.82 Å². The van der Waals surface area contributed by atoms with Crippen molar-refractivity contribution in [3.05, 3.63) is 76.5 Å². The minimum Gasteiger partial charge on any atom is -0.352 e. The summed E-state index contributed by atoms with van der Waals surface area (Å²) in [6, 6.07) is 12.9. The van der Waals surface area contributed by atoms with E-state index in [1.807, 2.05) is 31.2 Å². The highest BCUT2D eigenvalue weighted by Gasteiger charge is 2.10. The second kappa shape index (κ2) is 9.09. The van der Waals surface area contributed by atoms with Crippen LogP contribution in [0.15, 0.2) is 53.9 Å². The van der Waals surface area contributed by atoms with Crippen LogP contribution in [0.3, 0.4) is 0 Å². The number of aromatic nitrogens is 1. The van der Waals surface area contributed by atoms with Crippen molar-refractivity contribution in [2.75, 3.05) is 10.6 Å². The number of carbonyl (C=O) groups is 2. The first-order valence-electron chi connectivity index (χ1n) is 8.58. The Morgan fingerprint density at radius 3 is 2.46 bits per heavy atom. The van der Waals surface area contributed by atoms with Crippen LogP contribution in [0.1, 0.15) is 16.8 Å². The van der Waals surface area contributed by atoms with Gasteiger partial charge in [0.15, 0.2) is 5.13 Å². The van der Waals surface area contributed by atoms with E-state index in [9.17, 15) is 14.0 Å². The third-order valence-electron chi connectivity index (χ3n) is 3.83. The molecule has 2 aromatic carbocycles. The van der Waals surface area contributed by atoms with Gasteiger partial charge in [-0.3, -0.25) is 10.1 Å². The van der Waals surface area contributed by atoms with Crippen molar-refractivity contribution in [2.24, 2.45) is 0 Å². The number of amides is 3. The minimum atomic E-state index is -0.490. The van der Waals surface area contributed by atoms with E-state index in [2.05, 4.69) is 20.9 Å². The van der Waals surface area contributed by atoms with Gasteiger partial charge in [0.25, 0.3) is 0 Å². The Morgan fingerprint density at radius 2 is 1.75 bits per heavy atom. The molecule has 0 unspecified atom stereocenters. The standard InChI is InChI=1S/C20H19FN4O2S/c1-13-2-4-14(5-3-13)11-22-18(26)10-17-12-28-20(24-17)25-19(27)23-16-8-6-15(21)7-9-16/h2-9,12H,10-11H2,1H3,(H,22,26)(H2,23,24,25,27). The average molecular weight is 398 g/mol. The van der Waals surface area contributed by atoms with Crippen LogP contribution in [-0.4, -0.2) is 16.9 Å². The zero-order valence-corrected chi connectivity index (χ0v) is 16.0. The van der Waals surface area contributed by atoms with E-state index in [4.69, 9.17) is 0 Å². The molecule has 3 N–H and O–H groups in total. The number of nitrogens with zero attached hydrogens (tertiary/aromatic N) is 1. The monoisotopic (exact) mass is 398 g/mol. The first-order chi connectivity index (χ1) is 13.5. The Labute approximate surface area is 165 Å². The van der Waals surface area contributed by atoms with Gasteiger partial charge in [-0.2, -0.15) is 0 Å². The summed E-state index contributed by atoms with van der Waals surface area (Å²) in [5.41, 5.74) is 3.23. The van der Waals surface area contributed by atoms with Crippen LogP contribution in [0.5, 0.6) is 0 Å². The Balaban J connectivity index is 1.46. The molecule has 144 valence electrons. The number of halogens is 1. The Morgan fingerprint density at radius 1 is 1.04 bits per heavy atom. The summed E-state index contributed by atoms with van der Waals surface area (Å²) in [5, 5.41) is 10.1. The van der Waals surface area contributed by atoms with Gasteiger partial charge in [0.2, 0.25) is 5.91 Å². The Bertz CT molecular complexity index is 955. The van der Waals surface area contributed by atoms with E-state index < -0.39 is 6.03 Å². The van der Waals surface area contributed by atoms with Crippen LogP contribution < -0.4 is 16.0 Å². The van der Waals surface area contributed by atoms with Crippen molar-refractivity contribution in [3.8, 4) is 0 Å². The molecule has 0 aliphatic carbocycles. The lowest BCUT2D eigenvalue weighted by molar-refractivity contribution is -0.120. The Hall–Kier alpha value is -3.26. The molecule has 0 saturated carbocycles. The first-order valence-corrected chi connectivity index (χ1v) is 9.46. The average Bonchev–Trinajstić information content (AvgIpc) is 3.09. The molecular weight excluding hydrogens is 379 g/mol. The number of nitrogens with one attached hydrogen (secondary N) is 3. The van der Waals surface area contributed by atoms with Crippen LogP contribution in [0.4, 0.5) is 20.0 Å². The van der Waals surface area contributed by atoms with Crippen molar-refractivity contribution >= 4 is 34.1 Å². The molecule has 0 aliphatic rings. The SMILES string of the molecule is Cc1ccc(CNC(=O)Cc2csc(NC(=O)Nc3ccc(F)cc3)n2)cc1. The summed E-state index contributed by atoms with van der Waals surface area (Å²) in [6.45, 7) is 2.46. The predicted molar refractivity (Wildman–Crippen MR) is 108 cm³/mol. The molecule has 0 atom stereocenters. The number of thiazole rings is 1. The molecular formula is C20H19FN4O2S. The molecule has 0 bridgehead atoms. The maximum Gasteiger partial charge on any atom is 0.325 e. The summed E-state index contributed by atoms with van der Waals surface area (Å²) in [6.07, 6.45) is 0.129. The quantitative estimate of drug-likeness (QED) is 0.585. The smallest absolute Gasteiger partial charge is 0.325 e. The lowest BCUT2D eigenvalue weighted by Crippen LogP contribution is -2.24. The van der Waals surface area contributed by atoms with Gasteiger partial charge in [0, 0.05) is 17.6 Å². The van der Waals surface area contributed by atoms with Crippen LogP contribution in [0.25, 0.3) is 0 Å². The second-order valence-corrected chi connectivity index (χ2v) is 7.03. The van der Waals surface area contributed by atoms with E-state index in [1.54, 1.807) is 5.38 Å². The van der Waals surface area contributed by atoms with Crippen LogP contribution in [0, 0.1) is 12.7 Å². The van der Waals surface area contributed by atoms with Gasteiger partial charge in [-0.1, -0.05) is 29.8 Å². The first kappa shape index (κ1) is 19.5. The number of anilines is 2. The van der Waals surface area contributed by atoms with Gasteiger partial charge in [-0.15, -0.1) is 11.3 Å². The van der Waals surface area contributed by atoms with Crippen molar-refractivity contribution in [1.82, 2.24) is 10.3 Å². The number of carbonyl (C=O) groups excluding carboxylic acids is 2. The normalized spacial score (nSPS) is 10.4. The summed E-state index contributed by atoms with van der Waals surface area (Å²) < 4.78 is 12.9. The maximum atomic E-state index is 12.9. The molecule has 0 radical (unpaired) electrons. The van der Waals surface area contributed by atoms with Crippen molar-refractivity contribution < 1.29 is 14.0 Å². The van der Waals surface area contributed by atoms with E-state index in [-0.39, 0.29) is 18.1 Å². The summed E-state index contributed by atoms with van der Waals surface area (Å²) >= 11 is 1.23. The van der Waals surface area contributed by atoms with E-state index in [0.717, 1.165) is 5.56 Å². The fraction of sp³-hybridized carbons (Fsp3) is 0.150. The van der Waals surface area contributed by atoms with Gasteiger partial charge >= 0.3 is 6.03 Å². The second-order valence-electron chi connectivity index (χ2n) is 6.17. The summed E-state index contributed by atoms with van der Waals surface area (Å²) in [7, 11) is 0. The molecule has 8 heteroatoms. The number of hydrogen-bond acceptors (Lipinski definition) is 4. The molecule has 6 nitrogen and oxygen atoms in total. The number of urea groups is 1. The van der Waals surface area contributed by atoms with Gasteiger partial charge in [-0.05, 0) is 36.8 Å². The van der Waals surface area contributed by atoms with E-state index in [0.29, 0.717) is 23.1 Å². The molecule has 0 fully saturated rings. The van der Waals surface area contributed by atoms with Crippen LogP contribution >= 0.6 is 11.3 Å². The highest BCUT2D eigenvalue weighted by molar-refractivity contribution is 7.14. The van der Waals surface area contributed by atoms with Crippen LogP contribution in [-0.2, 0) is 17.8 Å². The summed E-state index contributed by atoms with van der Waals surface area (Å²) in [5.74, 6) is -0.524. The van der Waals surface area contributed by atoms with Crippen molar-refractivity contribution in [1.29, 1.82) is 0 Å².